The van der Waals surface area contributed by atoms with Crippen molar-refractivity contribution in [1.29, 1.82) is 0 Å². The highest BCUT2D eigenvalue weighted by Gasteiger charge is 2.33. The first-order valence-corrected chi connectivity index (χ1v) is 9.32. The van der Waals surface area contributed by atoms with Gasteiger partial charge in [0, 0.05) is 26.2 Å². The number of nitrogens with two attached hydrogens (primary N) is 1. The van der Waals surface area contributed by atoms with Crippen LogP contribution in [0.3, 0.4) is 0 Å². The van der Waals surface area contributed by atoms with E-state index in [0.29, 0.717) is 36.8 Å². The molecule has 126 valence electrons. The monoisotopic (exact) mass is 387 g/mol. The van der Waals surface area contributed by atoms with Gasteiger partial charge in [0.15, 0.2) is 0 Å². The first kappa shape index (κ1) is 19.7. The second-order valence-corrected chi connectivity index (χ2v) is 8.72. The largest absolute Gasteiger partial charge is 0.355 e. The van der Waals surface area contributed by atoms with Crippen molar-refractivity contribution in [1.82, 2.24) is 9.62 Å². The van der Waals surface area contributed by atoms with Crippen LogP contribution >= 0.6 is 35.3 Å². The van der Waals surface area contributed by atoms with Crippen LogP contribution in [-0.4, -0.2) is 44.8 Å². The van der Waals surface area contributed by atoms with Crippen LogP contribution in [0.2, 0.25) is 4.34 Å². The number of sulfonamides is 1. The highest BCUT2D eigenvalue weighted by molar-refractivity contribution is 7.91. The molecule has 1 saturated heterocycles. The van der Waals surface area contributed by atoms with E-state index in [1.165, 1.54) is 10.4 Å². The molecule has 0 spiro atoms. The van der Waals surface area contributed by atoms with Crippen LogP contribution < -0.4 is 11.1 Å². The highest BCUT2D eigenvalue weighted by Crippen LogP contribution is 2.30. The molecule has 1 aromatic heterocycles. The van der Waals surface area contributed by atoms with Gasteiger partial charge in [-0.25, -0.2) is 8.42 Å². The van der Waals surface area contributed by atoms with E-state index in [1.807, 2.05) is 0 Å². The van der Waals surface area contributed by atoms with Crippen molar-refractivity contribution in [3.63, 3.8) is 0 Å². The molecule has 1 atom stereocenters. The summed E-state index contributed by atoms with van der Waals surface area (Å²) >= 11 is 6.83. The Morgan fingerprint density at radius 1 is 1.50 bits per heavy atom. The minimum Gasteiger partial charge on any atom is -0.355 e. The third-order valence-electron chi connectivity index (χ3n) is 3.34. The summed E-state index contributed by atoms with van der Waals surface area (Å²) in [7, 11) is -3.57. The van der Waals surface area contributed by atoms with Gasteiger partial charge >= 0.3 is 0 Å². The van der Waals surface area contributed by atoms with Crippen molar-refractivity contribution in [2.75, 3.05) is 26.2 Å². The summed E-state index contributed by atoms with van der Waals surface area (Å²) < 4.78 is 27.0. The Bertz CT molecular complexity index is 607. The first-order valence-electron chi connectivity index (χ1n) is 6.68. The number of piperidine rings is 1. The van der Waals surface area contributed by atoms with Gasteiger partial charge in [0.1, 0.15) is 4.21 Å². The molecule has 1 unspecified atom stereocenters. The van der Waals surface area contributed by atoms with Gasteiger partial charge in [0.2, 0.25) is 5.91 Å². The van der Waals surface area contributed by atoms with E-state index in [9.17, 15) is 13.2 Å². The number of amides is 1. The number of carbonyl (C=O) groups excluding carboxylic acids is 1. The van der Waals surface area contributed by atoms with Gasteiger partial charge in [0.25, 0.3) is 10.0 Å². The Morgan fingerprint density at radius 2 is 2.23 bits per heavy atom. The third kappa shape index (κ3) is 4.56. The van der Waals surface area contributed by atoms with E-state index in [1.54, 1.807) is 6.07 Å². The van der Waals surface area contributed by atoms with Crippen molar-refractivity contribution in [3.05, 3.63) is 16.5 Å². The van der Waals surface area contributed by atoms with Crippen LogP contribution in [0, 0.1) is 5.92 Å². The minimum absolute atomic E-state index is 0. The predicted molar refractivity (Wildman–Crippen MR) is 90.1 cm³/mol. The lowest BCUT2D eigenvalue weighted by Crippen LogP contribution is -2.45. The van der Waals surface area contributed by atoms with Gasteiger partial charge in [0.05, 0.1) is 10.3 Å². The second kappa shape index (κ2) is 8.47. The number of carbonyl (C=O) groups is 1. The van der Waals surface area contributed by atoms with Crippen molar-refractivity contribution < 1.29 is 13.2 Å². The summed E-state index contributed by atoms with van der Waals surface area (Å²) in [6, 6.07) is 3.06. The minimum atomic E-state index is -3.57. The Labute approximate surface area is 145 Å². The van der Waals surface area contributed by atoms with Crippen molar-refractivity contribution in [3.8, 4) is 0 Å². The zero-order valence-corrected chi connectivity index (χ0v) is 15.0. The first-order chi connectivity index (χ1) is 9.95. The molecule has 0 saturated carbocycles. The predicted octanol–water partition coefficient (Wildman–Crippen LogP) is 1.30. The molecule has 2 rings (SSSR count). The molecule has 0 aromatic carbocycles. The smallest absolute Gasteiger partial charge is 0.252 e. The Morgan fingerprint density at radius 3 is 2.82 bits per heavy atom. The van der Waals surface area contributed by atoms with Gasteiger partial charge in [-0.2, -0.15) is 4.31 Å². The number of thiophene rings is 1. The maximum absolute atomic E-state index is 12.5. The molecule has 0 bridgehead atoms. The number of hydrogen-bond donors (Lipinski definition) is 2. The van der Waals surface area contributed by atoms with Crippen molar-refractivity contribution >= 4 is 51.3 Å². The summed E-state index contributed by atoms with van der Waals surface area (Å²) in [5.41, 5.74) is 5.35. The summed E-state index contributed by atoms with van der Waals surface area (Å²) in [5, 5.41) is 2.71. The molecule has 10 heteroatoms. The normalized spacial score (nSPS) is 19.5. The molecule has 0 radical (unpaired) electrons. The summed E-state index contributed by atoms with van der Waals surface area (Å²) in [6.07, 6.45) is 1.35. The molecule has 0 aliphatic carbocycles. The summed E-state index contributed by atoms with van der Waals surface area (Å²) in [4.78, 5) is 12.0. The van der Waals surface area contributed by atoms with E-state index in [4.69, 9.17) is 17.3 Å². The van der Waals surface area contributed by atoms with E-state index in [0.717, 1.165) is 11.3 Å². The molecule has 1 aliphatic rings. The molecule has 1 amide bonds. The zero-order valence-electron chi connectivity index (χ0n) is 11.8. The lowest BCUT2D eigenvalue weighted by molar-refractivity contribution is -0.126. The Hall–Kier alpha value is -0.380. The Balaban J connectivity index is 0.00000242. The van der Waals surface area contributed by atoms with Gasteiger partial charge < -0.3 is 11.1 Å². The highest BCUT2D eigenvalue weighted by atomic mass is 35.5. The molecule has 3 N–H and O–H groups in total. The number of halogens is 2. The van der Waals surface area contributed by atoms with Gasteiger partial charge in [-0.1, -0.05) is 11.6 Å². The Kier molecular flexibility index (Phi) is 7.57. The molecule has 6 nitrogen and oxygen atoms in total. The van der Waals surface area contributed by atoms with E-state index < -0.39 is 10.0 Å². The molecule has 1 aliphatic heterocycles. The van der Waals surface area contributed by atoms with E-state index >= 15 is 0 Å². The standard InChI is InChI=1S/C12H18ClN3O3S2.ClH/c13-10-3-4-11(20-10)21(18,19)16-7-1-2-9(8-16)12(17)15-6-5-14;/h3-4,9H,1-2,5-8,14H2,(H,15,17);1H. The number of nitrogens with zero attached hydrogens (tertiary/aromatic N) is 1. The quantitative estimate of drug-likeness (QED) is 0.795. The summed E-state index contributed by atoms with van der Waals surface area (Å²) in [6.45, 7) is 1.41. The fourth-order valence-corrected chi connectivity index (χ4v) is 5.44. The maximum atomic E-state index is 12.5. The van der Waals surface area contributed by atoms with Crippen LogP contribution in [-0.2, 0) is 14.8 Å². The fourth-order valence-electron chi connectivity index (χ4n) is 2.28. The molecule has 1 fully saturated rings. The zero-order chi connectivity index (χ0) is 15.5. The van der Waals surface area contributed by atoms with Gasteiger partial charge in [-0.05, 0) is 25.0 Å². The number of hydrogen-bond acceptors (Lipinski definition) is 5. The number of nitrogens with one attached hydrogen (secondary N) is 1. The molecule has 22 heavy (non-hydrogen) atoms. The lowest BCUT2D eigenvalue weighted by Gasteiger charge is -2.30. The molecular weight excluding hydrogens is 369 g/mol. The summed E-state index contributed by atoms with van der Waals surface area (Å²) in [5.74, 6) is -0.458. The molecule has 2 heterocycles. The van der Waals surface area contributed by atoms with E-state index in [-0.39, 0.29) is 35.0 Å². The van der Waals surface area contributed by atoms with Crippen molar-refractivity contribution in [2.45, 2.75) is 17.1 Å². The van der Waals surface area contributed by atoms with Crippen molar-refractivity contribution in [2.24, 2.45) is 11.7 Å². The fraction of sp³-hybridized carbons (Fsp3) is 0.583. The number of rotatable bonds is 5. The maximum Gasteiger partial charge on any atom is 0.252 e. The van der Waals surface area contributed by atoms with Crippen LogP contribution in [0.15, 0.2) is 16.3 Å². The van der Waals surface area contributed by atoms with Gasteiger partial charge in [-0.15, -0.1) is 23.7 Å². The SMILES string of the molecule is Cl.NCCNC(=O)C1CCCN(S(=O)(=O)c2ccc(Cl)s2)C1. The van der Waals surface area contributed by atoms with Gasteiger partial charge in [-0.3, -0.25) is 4.79 Å². The van der Waals surface area contributed by atoms with Crippen LogP contribution in [0.4, 0.5) is 0 Å². The molecule has 1 aromatic rings. The van der Waals surface area contributed by atoms with E-state index in [2.05, 4.69) is 5.32 Å². The van der Waals surface area contributed by atoms with Crippen LogP contribution in [0.1, 0.15) is 12.8 Å². The lowest BCUT2D eigenvalue weighted by atomic mass is 9.99. The third-order valence-corrected chi connectivity index (χ3v) is 6.90. The van der Waals surface area contributed by atoms with Crippen LogP contribution in [0.25, 0.3) is 0 Å². The topological polar surface area (TPSA) is 92.5 Å². The van der Waals surface area contributed by atoms with Crippen LogP contribution in [0.5, 0.6) is 0 Å². The average Bonchev–Trinajstić information content (AvgIpc) is 2.92. The molecular formula is C12H19Cl2N3O3S2. The average molecular weight is 388 g/mol. The second-order valence-electron chi connectivity index (χ2n) is 4.84.